The van der Waals surface area contributed by atoms with Gasteiger partial charge in [-0.2, -0.15) is 0 Å². The molecule has 0 fully saturated rings. The Balaban J connectivity index is 0. The molecular weight excluding hydrogens is 2130 g/mol. The average molecular weight is 2240 g/mol. The summed E-state index contributed by atoms with van der Waals surface area (Å²) < 4.78 is 29.5. The zero-order chi connectivity index (χ0) is 94.8. The summed E-state index contributed by atoms with van der Waals surface area (Å²) in [7, 11) is 0. The fraction of sp³-hybridized carbons (Fsp3) is 0.258. The van der Waals surface area contributed by atoms with Gasteiger partial charge >= 0.3 is 92.5 Å². The average Bonchev–Trinajstić information content (AvgIpc) is 1.62. The normalized spacial score (nSPS) is 9.65. The van der Waals surface area contributed by atoms with Gasteiger partial charge in [0.15, 0.2) is 11.9 Å². The van der Waals surface area contributed by atoms with Gasteiger partial charge < -0.3 is 88.4 Å². The molecule has 0 aliphatic heterocycles. The van der Waals surface area contributed by atoms with Crippen molar-refractivity contribution in [2.45, 2.75) is 60.3 Å². The van der Waals surface area contributed by atoms with Crippen LogP contribution in [0.25, 0.3) is 22.3 Å². The van der Waals surface area contributed by atoms with Crippen molar-refractivity contribution >= 4 is 137 Å². The van der Waals surface area contributed by atoms with Crippen LogP contribution >= 0.6 is 59.8 Å². The Morgan fingerprint density at radius 2 is 0.594 bits per heavy atom. The number of halogens is 4. The molecule has 1 radical (unpaired) electrons. The van der Waals surface area contributed by atoms with Crippen molar-refractivity contribution in [1.29, 1.82) is 0 Å². The zero-order valence-corrected chi connectivity index (χ0v) is 82.3. The molecule has 0 spiro atoms. The molecule has 2 aliphatic carbocycles. The van der Waals surface area contributed by atoms with E-state index in [9.17, 15) is 52.7 Å². The van der Waals surface area contributed by atoms with Gasteiger partial charge in [0.2, 0.25) is 0 Å². The van der Waals surface area contributed by atoms with Crippen LogP contribution in [-0.4, -0.2) is 180 Å². The van der Waals surface area contributed by atoms with Gasteiger partial charge in [-0.05, 0) is 146 Å². The Kier molecular flexibility index (Phi) is 70.3. The monoisotopic (exact) mass is 2240 g/mol. The quantitative estimate of drug-likeness (QED) is 0.00371. The van der Waals surface area contributed by atoms with Crippen LogP contribution < -0.4 is 68.1 Å². The fourth-order valence-electron chi connectivity index (χ4n) is 10.3. The van der Waals surface area contributed by atoms with Crippen LogP contribution in [0.2, 0.25) is 0 Å². The second-order valence-electron chi connectivity index (χ2n) is 24.0. The van der Waals surface area contributed by atoms with E-state index < -0.39 is 42.0 Å². The number of carbonyl (C=O) groups excluding carboxylic acids is 10. The van der Waals surface area contributed by atoms with Gasteiger partial charge in [-0.3, -0.25) is 43.2 Å². The van der Waals surface area contributed by atoms with Crippen molar-refractivity contribution in [2.24, 2.45) is 32.9 Å². The number of nitrogens with one attached hydrogen (secondary N) is 6. The first-order valence-corrected chi connectivity index (χ1v) is 53.5. The molecule has 30 nitrogen and oxygen atoms in total. The Morgan fingerprint density at radius 3 is 0.828 bits per heavy atom. The predicted molar refractivity (Wildman–Crippen MR) is 516 cm³/mol. The van der Waals surface area contributed by atoms with Gasteiger partial charge in [0, 0.05) is 52.6 Å². The smallest absolute Gasteiger partial charge is 0.322 e. The Morgan fingerprint density at radius 1 is 0.367 bits per heavy atom. The molecule has 8 aromatic carbocycles. The largest absolute Gasteiger partial charge is 0.480 e. The first-order chi connectivity index (χ1) is 61.4. The van der Waals surface area contributed by atoms with Crippen LogP contribution in [0.15, 0.2) is 242 Å². The fourth-order valence-corrected chi connectivity index (χ4v) is 10.3. The van der Waals surface area contributed by atoms with Gasteiger partial charge in [0.1, 0.15) is 59.0 Å². The molecular formula is C93H109I4N12O18V-. The summed E-state index contributed by atoms with van der Waals surface area (Å²) in [6, 6.07) is 67.4. The van der Waals surface area contributed by atoms with Crippen molar-refractivity contribution in [3.8, 4) is 57.8 Å². The number of aliphatic imine (C=N–C) groups is 2. The minimum Gasteiger partial charge on any atom is -0.480 e. The number of carboxylic acids is 1. The van der Waals surface area contributed by atoms with Crippen molar-refractivity contribution in [3.63, 3.8) is 0 Å². The number of amides is 6. The molecule has 0 atom stereocenters. The van der Waals surface area contributed by atoms with E-state index in [4.69, 9.17) is 42.3 Å². The van der Waals surface area contributed by atoms with Crippen LogP contribution in [0.4, 0.5) is 9.59 Å². The number of carbonyl (C=O) groups is 11. The number of esters is 4. The second kappa shape index (κ2) is 76.2. The molecule has 6 amide bonds. The third-order valence-electron chi connectivity index (χ3n) is 15.5. The Hall–Kier alpha value is -12.0. The SMILES string of the molecule is C=C.CC#CCN=C(N)N.CC#CCN=C(N)N.CC#CCNC(=O)OCC1c2ccccc2-c2ccccc21.CCOC(=O)CNC(=O)OCC1c2ccccc2-c2ccccc21.CCOC(=O)CNC(=O)c1ccccc1.CCOC(=O)CNC(=O)c1ccccc1.CCOC(=O)CNC(=O)c1ccccc1.CI.I[I-]I.O=C(O)CNC(=O)c1ccccc1.[V]. The van der Waals surface area contributed by atoms with E-state index in [1.807, 2.05) is 71.7 Å². The van der Waals surface area contributed by atoms with Gasteiger partial charge in [-0.1, -0.05) is 210 Å². The van der Waals surface area contributed by atoms with E-state index >= 15 is 0 Å². The molecule has 0 bridgehead atoms. The number of aliphatic carboxylic acids is 1. The number of guanidine groups is 2. The van der Waals surface area contributed by atoms with Crippen molar-refractivity contribution in [1.82, 2.24) is 31.9 Å². The number of fused-ring (bicyclic) bond motifs is 6. The summed E-state index contributed by atoms with van der Waals surface area (Å²) in [6.45, 7) is 20.2. The first kappa shape index (κ1) is 118. The van der Waals surface area contributed by atoms with Crippen LogP contribution in [0.5, 0.6) is 0 Å². The van der Waals surface area contributed by atoms with E-state index in [1.54, 1.807) is 152 Å². The number of rotatable bonds is 25. The third-order valence-corrected chi connectivity index (χ3v) is 15.5. The minimum absolute atomic E-state index is 0. The van der Waals surface area contributed by atoms with E-state index in [1.165, 1.54) is 33.4 Å². The number of hydrogen-bond donors (Lipinski definition) is 11. The number of benzene rings is 8. The molecule has 683 valence electrons. The molecule has 128 heavy (non-hydrogen) atoms. The summed E-state index contributed by atoms with van der Waals surface area (Å²) in [5.41, 5.74) is 31.5. The summed E-state index contributed by atoms with van der Waals surface area (Å²) in [5, 5.41) is 23.0. The molecule has 0 saturated heterocycles. The van der Waals surface area contributed by atoms with E-state index in [-0.39, 0.29) is 112 Å². The zero-order valence-electron chi connectivity index (χ0n) is 72.3. The van der Waals surface area contributed by atoms with Crippen molar-refractivity contribution in [3.05, 3.63) is 276 Å². The van der Waals surface area contributed by atoms with Crippen LogP contribution in [0.3, 0.4) is 0 Å². The predicted octanol–water partition coefficient (Wildman–Crippen LogP) is 9.27. The van der Waals surface area contributed by atoms with E-state index in [0.717, 1.165) is 11.1 Å². The Bertz CT molecular complexity index is 4620. The summed E-state index contributed by atoms with van der Waals surface area (Å²) in [6.07, 6.45) is -1.05. The number of alkyl halides is 1. The van der Waals surface area contributed by atoms with Crippen LogP contribution in [0, 0.1) is 35.5 Å². The maximum Gasteiger partial charge on any atom is 0.322 e. The molecule has 15 N–H and O–H groups in total. The maximum atomic E-state index is 11.8. The molecule has 8 aromatic rings. The number of nitrogens with two attached hydrogens (primary N) is 4. The summed E-state index contributed by atoms with van der Waals surface area (Å²) in [4.78, 5) is 132. The molecule has 35 heteroatoms. The number of hydrogen-bond acceptors (Lipinski definition) is 19. The third kappa shape index (κ3) is 52.8. The second-order valence-corrected chi connectivity index (χ2v) is 40.2. The maximum absolute atomic E-state index is 11.8. The van der Waals surface area contributed by atoms with E-state index in [2.05, 4.69) is 213 Å². The topological polar surface area (TPSA) is 464 Å². The van der Waals surface area contributed by atoms with Gasteiger partial charge in [-0.25, -0.2) is 19.6 Å². The molecule has 2 aliphatic rings. The number of carboxylic acid groups (broad SMARTS) is 1. The number of nitrogens with zero attached hydrogens (tertiary/aromatic N) is 2. The van der Waals surface area contributed by atoms with Crippen LogP contribution in [-0.2, 0) is 70.9 Å². The summed E-state index contributed by atoms with van der Waals surface area (Å²) >= 11 is 7.45. The molecule has 0 heterocycles. The number of alkyl carbamates (subject to hydrolysis) is 2. The van der Waals surface area contributed by atoms with Crippen molar-refractivity contribution in [2.75, 3.05) is 96.9 Å². The first-order valence-electron chi connectivity index (χ1n) is 38.8. The molecule has 10 rings (SSSR count). The Labute approximate surface area is 804 Å². The summed E-state index contributed by atoms with van der Waals surface area (Å²) in [5.74, 6) is 12.4. The molecule has 0 unspecified atom stereocenters. The number of ether oxygens (including phenoxy) is 6. The van der Waals surface area contributed by atoms with Crippen LogP contribution in [0.1, 0.15) is 124 Å². The van der Waals surface area contributed by atoms with Gasteiger partial charge in [0.25, 0.3) is 23.6 Å². The standard InChI is InChI=1S/C19H19NO4.C19H17NO2.3C11H13NO3.C9H9NO3.2C5H9N3.C2H4.CH3I.I3.V/c1-2-23-18(21)11-20-19(22)24-12-17-15-9-5-3-7-13(15)14-8-4-6-10-16(14)17;1-2-3-12-20-19(21)22-13-18-16-10-6-4-8-14(16)15-9-5-7-11-17(15)18;3*1-2-15-10(13)8-12-11(14)9-6-4-3-5-7-9;11-8(12)6-10-9(13)7-4-2-1-3-5-7;2*1-2-3-4-8-5(6)7;2*1-2;1-3-2;/h3-10,17H,2,11-12H2,1H3,(H,20,22);4-11,18H,12-13H2,1H3,(H,20,21);3*3-7H,2,8H2,1H3,(H,12,14);1-5H,6H2,(H,10,13)(H,11,12);2*4H2,1H3,(H4,6,7,8);1-2H2;1H3;;/q;;;;;;;;;;-1;. The van der Waals surface area contributed by atoms with Gasteiger partial charge in [-0.15, -0.1) is 30.9 Å². The molecule has 0 saturated carbocycles. The van der Waals surface area contributed by atoms with Gasteiger partial charge in [0.05, 0.1) is 33.0 Å². The van der Waals surface area contributed by atoms with Crippen molar-refractivity contribution < 1.29 is 118 Å². The molecule has 0 aromatic heterocycles. The minimum atomic E-state index is -1.05. The van der Waals surface area contributed by atoms with E-state index in [0.29, 0.717) is 81.6 Å².